The number of fused-ring (bicyclic) bond motifs is 2. The summed E-state index contributed by atoms with van der Waals surface area (Å²) < 4.78 is 16.1. The lowest BCUT2D eigenvalue weighted by Gasteiger charge is -2.41. The minimum atomic E-state index is -1.38. The highest BCUT2D eigenvalue weighted by Gasteiger charge is 2.53. The van der Waals surface area contributed by atoms with Crippen molar-refractivity contribution in [1.82, 2.24) is 5.32 Å². The van der Waals surface area contributed by atoms with E-state index in [4.69, 9.17) is 13.9 Å². The Bertz CT molecular complexity index is 952. The maximum Gasteiger partial charge on any atom is 0.247 e. The van der Waals surface area contributed by atoms with E-state index in [0.29, 0.717) is 5.57 Å². The first kappa shape index (κ1) is 21.0. The van der Waals surface area contributed by atoms with Gasteiger partial charge in [0.2, 0.25) is 5.91 Å². The van der Waals surface area contributed by atoms with Crippen molar-refractivity contribution in [2.24, 2.45) is 0 Å². The molecule has 2 aliphatic rings. The van der Waals surface area contributed by atoms with E-state index in [1.54, 1.807) is 19.3 Å². The summed E-state index contributed by atoms with van der Waals surface area (Å²) in [6.07, 6.45) is -0.0451. The van der Waals surface area contributed by atoms with Crippen LogP contribution in [-0.2, 0) is 20.7 Å². The van der Waals surface area contributed by atoms with Crippen LogP contribution in [-0.4, -0.2) is 64.6 Å². The summed E-state index contributed by atoms with van der Waals surface area (Å²) >= 11 is 0. The van der Waals surface area contributed by atoms with Crippen molar-refractivity contribution in [2.75, 3.05) is 6.79 Å². The number of nitrogens with one attached hydrogen (secondary N) is 1. The van der Waals surface area contributed by atoms with Crippen molar-refractivity contribution in [2.45, 2.75) is 63.3 Å². The zero-order chi connectivity index (χ0) is 21.4. The largest absolute Gasteiger partial charge is 0.464 e. The van der Waals surface area contributed by atoms with Crippen molar-refractivity contribution < 1.29 is 34.0 Å². The Morgan fingerprint density at radius 2 is 1.90 bits per heavy atom. The quantitative estimate of drug-likeness (QED) is 0.538. The standard InChI is InChI=1S/C22H27NO7/c1-3-4-13-9-28-15-8-12(5-6-14(13)15)7-11(2)22(27)23-16-17(24)19(26)21-20(18(16)25)29-10-30-21/h5-9,16-21,24-26H,3-4,10H2,1-2H3,(H,23,27)/b11-7+/t16-,17+,18-,19-,20+,21-/m1/s1. The molecule has 1 aliphatic carbocycles. The fourth-order valence-corrected chi connectivity index (χ4v) is 4.19. The number of furan rings is 1. The highest BCUT2D eigenvalue weighted by Crippen LogP contribution is 2.30. The van der Waals surface area contributed by atoms with Gasteiger partial charge in [-0.2, -0.15) is 0 Å². The molecule has 8 heteroatoms. The summed E-state index contributed by atoms with van der Waals surface area (Å²) in [6, 6.07) is 4.68. The van der Waals surface area contributed by atoms with E-state index in [-0.39, 0.29) is 6.79 Å². The van der Waals surface area contributed by atoms with E-state index in [1.165, 1.54) is 0 Å². The van der Waals surface area contributed by atoms with Gasteiger partial charge in [-0.3, -0.25) is 4.79 Å². The molecule has 0 unspecified atom stereocenters. The average molecular weight is 417 g/mol. The van der Waals surface area contributed by atoms with Crippen LogP contribution < -0.4 is 5.32 Å². The Hall–Kier alpha value is -2.23. The molecule has 30 heavy (non-hydrogen) atoms. The molecule has 1 aliphatic heterocycles. The van der Waals surface area contributed by atoms with Gasteiger partial charge in [0.1, 0.15) is 42.9 Å². The van der Waals surface area contributed by atoms with Crippen molar-refractivity contribution >= 4 is 23.0 Å². The van der Waals surface area contributed by atoms with Crippen LogP contribution in [0.4, 0.5) is 0 Å². The molecular formula is C22H27NO7. The lowest BCUT2D eigenvalue weighted by atomic mass is 9.83. The highest BCUT2D eigenvalue weighted by atomic mass is 16.7. The molecule has 0 bridgehead atoms. The molecule has 6 atom stereocenters. The molecule has 1 saturated carbocycles. The number of rotatable bonds is 5. The van der Waals surface area contributed by atoms with Crippen LogP contribution in [0.15, 0.2) is 34.5 Å². The Labute approximate surface area is 174 Å². The topological polar surface area (TPSA) is 121 Å². The lowest BCUT2D eigenvalue weighted by Crippen LogP contribution is -2.67. The molecule has 4 N–H and O–H groups in total. The predicted octanol–water partition coefficient (Wildman–Crippen LogP) is 1.11. The van der Waals surface area contributed by atoms with Crippen LogP contribution >= 0.6 is 0 Å². The lowest BCUT2D eigenvalue weighted by molar-refractivity contribution is -0.155. The van der Waals surface area contributed by atoms with Crippen LogP contribution in [0.3, 0.4) is 0 Å². The van der Waals surface area contributed by atoms with Gasteiger partial charge in [0.25, 0.3) is 0 Å². The molecule has 8 nitrogen and oxygen atoms in total. The summed E-state index contributed by atoms with van der Waals surface area (Å²) in [5.41, 5.74) is 3.10. The molecular weight excluding hydrogens is 390 g/mol. The Morgan fingerprint density at radius 3 is 2.63 bits per heavy atom. The van der Waals surface area contributed by atoms with Crippen LogP contribution in [0.25, 0.3) is 17.0 Å². The third-order valence-electron chi connectivity index (χ3n) is 5.84. The van der Waals surface area contributed by atoms with E-state index in [0.717, 1.165) is 34.9 Å². The second-order valence-electron chi connectivity index (χ2n) is 7.95. The molecule has 0 spiro atoms. The van der Waals surface area contributed by atoms with Gasteiger partial charge in [-0.15, -0.1) is 0 Å². The second-order valence-corrected chi connectivity index (χ2v) is 7.95. The van der Waals surface area contributed by atoms with Crippen molar-refractivity contribution in [1.29, 1.82) is 0 Å². The van der Waals surface area contributed by atoms with Crippen LogP contribution in [0.1, 0.15) is 31.4 Å². The fraction of sp³-hybridized carbons (Fsp3) is 0.500. The van der Waals surface area contributed by atoms with Crippen LogP contribution in [0.5, 0.6) is 0 Å². The molecule has 4 rings (SSSR count). The number of carbonyl (C=O) groups is 1. The van der Waals surface area contributed by atoms with E-state index in [9.17, 15) is 20.1 Å². The smallest absolute Gasteiger partial charge is 0.247 e. The molecule has 0 radical (unpaired) electrons. The molecule has 1 amide bonds. The van der Waals surface area contributed by atoms with E-state index >= 15 is 0 Å². The minimum Gasteiger partial charge on any atom is -0.464 e. The molecule has 1 saturated heterocycles. The Morgan fingerprint density at radius 1 is 1.17 bits per heavy atom. The van der Waals surface area contributed by atoms with Crippen molar-refractivity contribution in [3.8, 4) is 0 Å². The van der Waals surface area contributed by atoms with Crippen LogP contribution in [0, 0.1) is 0 Å². The van der Waals surface area contributed by atoms with Crippen LogP contribution in [0.2, 0.25) is 0 Å². The maximum atomic E-state index is 12.7. The number of carbonyl (C=O) groups excluding carboxylic acids is 1. The molecule has 1 aromatic carbocycles. The monoisotopic (exact) mass is 417 g/mol. The van der Waals surface area contributed by atoms with Crippen molar-refractivity contribution in [3.63, 3.8) is 0 Å². The zero-order valence-electron chi connectivity index (χ0n) is 16.9. The number of amides is 1. The first-order valence-corrected chi connectivity index (χ1v) is 10.2. The number of benzene rings is 1. The SMILES string of the molecule is CCCc1coc2cc(/C=C(\C)C(=O)N[C@@H]3[C@H](O)[C@@H](O)[C@H]4OCO[C@H]4[C@@H]3O)ccc12. The maximum absolute atomic E-state index is 12.7. The van der Waals surface area contributed by atoms with Gasteiger partial charge in [0.05, 0.1) is 12.3 Å². The van der Waals surface area contributed by atoms with E-state index in [2.05, 4.69) is 12.2 Å². The predicted molar refractivity (Wildman–Crippen MR) is 108 cm³/mol. The number of hydrogen-bond donors (Lipinski definition) is 4. The van der Waals surface area contributed by atoms with E-state index in [1.807, 2.05) is 18.2 Å². The third-order valence-corrected chi connectivity index (χ3v) is 5.84. The van der Waals surface area contributed by atoms with Gasteiger partial charge in [0.15, 0.2) is 0 Å². The number of aryl methyl sites for hydroxylation is 1. The number of aliphatic hydroxyl groups is 3. The second kappa shape index (κ2) is 8.49. The minimum absolute atomic E-state index is 0.0784. The summed E-state index contributed by atoms with van der Waals surface area (Å²) in [4.78, 5) is 12.7. The fourth-order valence-electron chi connectivity index (χ4n) is 4.19. The molecule has 162 valence electrons. The number of hydrogen-bond acceptors (Lipinski definition) is 7. The van der Waals surface area contributed by atoms with E-state index < -0.39 is 42.5 Å². The number of aliphatic hydroxyl groups excluding tert-OH is 3. The first-order valence-electron chi connectivity index (χ1n) is 10.2. The number of ether oxygens (including phenoxy) is 2. The van der Waals surface area contributed by atoms with Gasteiger partial charge in [-0.25, -0.2) is 0 Å². The average Bonchev–Trinajstić information content (AvgIpc) is 3.37. The summed E-state index contributed by atoms with van der Waals surface area (Å²) in [6.45, 7) is 3.67. The summed E-state index contributed by atoms with van der Waals surface area (Å²) in [5.74, 6) is -0.464. The van der Waals surface area contributed by atoms with Crippen molar-refractivity contribution in [3.05, 3.63) is 41.2 Å². The molecule has 2 heterocycles. The molecule has 1 aromatic heterocycles. The highest BCUT2D eigenvalue weighted by molar-refractivity contribution is 5.98. The third kappa shape index (κ3) is 3.77. The molecule has 2 aromatic rings. The van der Waals surface area contributed by atoms with Gasteiger partial charge in [-0.05, 0) is 36.6 Å². The van der Waals surface area contributed by atoms with Gasteiger partial charge >= 0.3 is 0 Å². The normalized spacial score (nSPS) is 31.7. The zero-order valence-corrected chi connectivity index (χ0v) is 16.9. The Balaban J connectivity index is 1.49. The van der Waals surface area contributed by atoms with Gasteiger partial charge in [-0.1, -0.05) is 25.5 Å². The van der Waals surface area contributed by atoms with Gasteiger partial charge < -0.3 is 34.5 Å². The Kier molecular flexibility index (Phi) is 5.95. The first-order chi connectivity index (χ1) is 14.4. The summed E-state index contributed by atoms with van der Waals surface area (Å²) in [5, 5.41) is 34.7. The molecule has 2 fully saturated rings. The van der Waals surface area contributed by atoms with Gasteiger partial charge in [0, 0.05) is 11.0 Å². The summed E-state index contributed by atoms with van der Waals surface area (Å²) in [7, 11) is 0.